The molecule has 23 heavy (non-hydrogen) atoms. The molecule has 1 N–H and O–H groups in total. The topological polar surface area (TPSA) is 110 Å². The number of hydrogen-bond acceptors (Lipinski definition) is 5. The smallest absolute Gasteiger partial charge is 0.232 e. The van der Waals surface area contributed by atoms with E-state index in [0.717, 1.165) is 0 Å². The fourth-order valence-corrected chi connectivity index (χ4v) is 5.92. The van der Waals surface area contributed by atoms with Gasteiger partial charge in [0.25, 0.3) is 0 Å². The van der Waals surface area contributed by atoms with Gasteiger partial charge in [-0.05, 0) is 6.42 Å². The van der Waals surface area contributed by atoms with E-state index >= 15 is 0 Å². The van der Waals surface area contributed by atoms with Gasteiger partial charge in [-0.1, -0.05) is 17.1 Å². The van der Waals surface area contributed by atoms with Gasteiger partial charge in [0.15, 0.2) is 0 Å². The van der Waals surface area contributed by atoms with Crippen LogP contribution in [0, 0.1) is 0 Å². The summed E-state index contributed by atoms with van der Waals surface area (Å²) in [7, 11) is -17.9. The largest absolute Gasteiger partial charge is 1.00 e. The van der Waals surface area contributed by atoms with Crippen LogP contribution >= 0.6 is 0 Å². The van der Waals surface area contributed by atoms with Crippen LogP contribution in [0.25, 0.3) is 0 Å². The van der Waals surface area contributed by atoms with E-state index in [9.17, 15) is 47.4 Å². The minimum Gasteiger partial charge on any atom is -0.232 e. The van der Waals surface area contributed by atoms with Crippen molar-refractivity contribution in [2.75, 3.05) is 5.75 Å². The summed E-state index contributed by atoms with van der Waals surface area (Å²) < 4.78 is 130. The second kappa shape index (κ2) is 8.61. The standard InChI is InChI=1S/C6H10F6N2O5S3.K/c1-2-3-4-20(15,13-21(16,17)5(7,8)9)14-22(18,19)6(10,11)12;/h2-4H2,1H3,(H,13,14,15);/q;+1. The average Bonchev–Trinajstić information content (AvgIpc) is 2.21. The van der Waals surface area contributed by atoms with E-state index in [2.05, 4.69) is 0 Å². The van der Waals surface area contributed by atoms with Crippen LogP contribution in [-0.2, 0) is 30.0 Å². The third-order valence-electron chi connectivity index (χ3n) is 1.83. The van der Waals surface area contributed by atoms with Gasteiger partial charge >= 0.3 is 82.4 Å². The number of halogens is 6. The molecule has 134 valence electrons. The second-order valence-electron chi connectivity index (χ2n) is 3.73. The molecule has 0 aliphatic heterocycles. The van der Waals surface area contributed by atoms with Crippen LogP contribution < -0.4 is 55.5 Å². The van der Waals surface area contributed by atoms with Gasteiger partial charge in [0.05, 0.1) is 0 Å². The molecule has 0 aromatic rings. The van der Waals surface area contributed by atoms with Crippen molar-refractivity contribution in [3.05, 3.63) is 0 Å². The van der Waals surface area contributed by atoms with E-state index in [1.807, 2.05) is 3.77 Å². The summed E-state index contributed by atoms with van der Waals surface area (Å²) >= 11 is 0. The Kier molecular flexibility index (Phi) is 9.83. The van der Waals surface area contributed by atoms with Crippen LogP contribution in [0.1, 0.15) is 19.8 Å². The maximum absolute atomic E-state index is 12.2. The molecule has 0 aromatic heterocycles. The van der Waals surface area contributed by atoms with Crippen molar-refractivity contribution in [3.63, 3.8) is 0 Å². The van der Waals surface area contributed by atoms with Crippen LogP contribution in [0.2, 0.25) is 0 Å². The maximum Gasteiger partial charge on any atom is 1.00 e. The van der Waals surface area contributed by atoms with Crippen molar-refractivity contribution < 1.29 is 98.8 Å². The average molecular weight is 439 g/mol. The summed E-state index contributed by atoms with van der Waals surface area (Å²) in [6, 6.07) is 0. The van der Waals surface area contributed by atoms with Gasteiger partial charge in [-0.15, -0.1) is 4.13 Å². The third kappa shape index (κ3) is 7.84. The predicted octanol–water partition coefficient (Wildman–Crippen LogP) is -1.54. The van der Waals surface area contributed by atoms with E-state index in [0.29, 0.717) is 4.13 Å². The minimum absolute atomic E-state index is 0. The van der Waals surface area contributed by atoms with E-state index in [1.54, 1.807) is 0 Å². The van der Waals surface area contributed by atoms with Crippen molar-refractivity contribution in [3.8, 4) is 0 Å². The molecule has 17 heteroatoms. The summed E-state index contributed by atoms with van der Waals surface area (Å²) in [5, 5.41) is 0. The van der Waals surface area contributed by atoms with Crippen molar-refractivity contribution in [2.24, 2.45) is 3.77 Å². The molecule has 0 aliphatic carbocycles. The molecule has 0 bridgehead atoms. The third-order valence-corrected chi connectivity index (χ3v) is 7.53. The van der Waals surface area contributed by atoms with Crippen molar-refractivity contribution in [1.82, 2.24) is 4.13 Å². The first-order valence-electron chi connectivity index (χ1n) is 5.14. The van der Waals surface area contributed by atoms with Gasteiger partial charge in [0, 0.05) is 5.75 Å². The number of unbranched alkanes of at least 4 members (excludes halogenated alkanes) is 1. The summed E-state index contributed by atoms with van der Waals surface area (Å²) in [5.41, 5.74) is -12.0. The molecule has 0 saturated heterocycles. The number of nitrogens with one attached hydrogen (secondary N) is 1. The van der Waals surface area contributed by atoms with Gasteiger partial charge in [0.1, 0.15) is 9.92 Å². The fourth-order valence-electron chi connectivity index (χ4n) is 0.854. The molecule has 1 atom stereocenters. The zero-order valence-electron chi connectivity index (χ0n) is 11.6. The van der Waals surface area contributed by atoms with Crippen LogP contribution in [0.15, 0.2) is 3.77 Å². The quantitative estimate of drug-likeness (QED) is 0.399. The van der Waals surface area contributed by atoms with Crippen molar-refractivity contribution in [1.29, 1.82) is 0 Å². The van der Waals surface area contributed by atoms with Gasteiger partial charge < -0.3 is 0 Å². The Morgan fingerprint density at radius 3 is 1.65 bits per heavy atom. The van der Waals surface area contributed by atoms with E-state index in [-0.39, 0.29) is 64.2 Å². The summed E-state index contributed by atoms with van der Waals surface area (Å²) in [4.78, 5) is 0. The minimum atomic E-state index is -6.45. The zero-order chi connectivity index (χ0) is 18.0. The van der Waals surface area contributed by atoms with Crippen LogP contribution in [0.5, 0.6) is 0 Å². The molecule has 0 fully saturated rings. The Morgan fingerprint density at radius 2 is 1.35 bits per heavy atom. The first-order valence-corrected chi connectivity index (χ1v) is 9.75. The van der Waals surface area contributed by atoms with Crippen LogP contribution in [0.4, 0.5) is 26.3 Å². The van der Waals surface area contributed by atoms with Crippen molar-refractivity contribution >= 4 is 30.0 Å². The molecule has 0 spiro atoms. The molecular formula is C6H10F6KN2O5S3+. The Bertz CT molecular complexity index is 719. The fraction of sp³-hybridized carbons (Fsp3) is 1.00. The molecule has 0 heterocycles. The Morgan fingerprint density at radius 1 is 0.913 bits per heavy atom. The Hall–Kier alpha value is 1.03. The molecule has 1 unspecified atom stereocenters. The normalized spacial score (nSPS) is 16.3. The molecule has 0 amide bonds. The number of hydrogen-bond donors (Lipinski definition) is 1. The zero-order valence-corrected chi connectivity index (χ0v) is 17.2. The van der Waals surface area contributed by atoms with Crippen LogP contribution in [-0.4, -0.2) is 37.8 Å². The van der Waals surface area contributed by atoms with E-state index in [1.165, 1.54) is 6.92 Å². The second-order valence-corrected chi connectivity index (χ2v) is 9.56. The van der Waals surface area contributed by atoms with Crippen molar-refractivity contribution in [2.45, 2.75) is 30.8 Å². The van der Waals surface area contributed by atoms with E-state index in [4.69, 9.17) is 0 Å². The van der Waals surface area contributed by atoms with Crippen LogP contribution in [0.3, 0.4) is 0 Å². The van der Waals surface area contributed by atoms with Gasteiger partial charge in [0.2, 0.25) is 0 Å². The molecule has 0 aromatic carbocycles. The molecule has 0 aliphatic rings. The van der Waals surface area contributed by atoms with Gasteiger partial charge in [-0.2, -0.15) is 34.8 Å². The summed E-state index contributed by atoms with van der Waals surface area (Å²) in [5.74, 6) is -1.14. The number of rotatable bonds is 6. The Balaban J connectivity index is 0. The first-order chi connectivity index (χ1) is 9.47. The Labute approximate surface area is 171 Å². The number of nitrogens with zero attached hydrogens (tertiary/aromatic N) is 1. The maximum atomic E-state index is 12.2. The molecule has 7 nitrogen and oxygen atoms in total. The molecule has 0 rings (SSSR count). The number of alkyl halides is 6. The monoisotopic (exact) mass is 439 g/mol. The SMILES string of the molecule is CCCCS(=O)(=NS(=O)(=O)C(F)(F)F)NS(=O)(=O)C(F)(F)F.[K+]. The molecular weight excluding hydrogens is 429 g/mol. The number of sulfonamides is 2. The predicted molar refractivity (Wildman–Crippen MR) is 63.4 cm³/mol. The van der Waals surface area contributed by atoms with Gasteiger partial charge in [-0.3, -0.25) is 0 Å². The van der Waals surface area contributed by atoms with E-state index < -0.39 is 46.7 Å². The molecule has 0 radical (unpaired) electrons. The summed E-state index contributed by atoms with van der Waals surface area (Å²) in [6.07, 6.45) is -0.261. The first kappa shape index (κ1) is 26.3. The summed E-state index contributed by atoms with van der Waals surface area (Å²) in [6.45, 7) is 1.39. The van der Waals surface area contributed by atoms with Gasteiger partial charge in [-0.25, -0.2) is 12.6 Å². The molecule has 0 saturated carbocycles.